The Balaban J connectivity index is 2.34. The molecule has 1 heterocycles. The van der Waals surface area contributed by atoms with Gasteiger partial charge in [0.25, 0.3) is 0 Å². The van der Waals surface area contributed by atoms with Crippen LogP contribution in [0.1, 0.15) is 32.1 Å². The minimum absolute atomic E-state index is 0.262. The van der Waals surface area contributed by atoms with Gasteiger partial charge in [0.1, 0.15) is 5.76 Å². The van der Waals surface area contributed by atoms with Crippen LogP contribution in [0.25, 0.3) is 0 Å². The van der Waals surface area contributed by atoms with E-state index in [2.05, 4.69) is 25.7 Å². The monoisotopic (exact) mass is 179 g/mol. The summed E-state index contributed by atoms with van der Waals surface area (Å²) in [5, 5.41) is 3.34. The second-order valence-electron chi connectivity index (χ2n) is 3.22. The molecule has 0 unspecified atom stereocenters. The highest BCUT2D eigenvalue weighted by Gasteiger charge is 2.06. The van der Waals surface area contributed by atoms with Crippen LogP contribution in [0.4, 0.5) is 0 Å². The fourth-order valence-electron chi connectivity index (χ4n) is 1.06. The molecule has 0 aliphatic rings. The van der Waals surface area contributed by atoms with Gasteiger partial charge in [0.15, 0.2) is 0 Å². The summed E-state index contributed by atoms with van der Waals surface area (Å²) in [7, 11) is 0. The van der Waals surface area contributed by atoms with Crippen molar-refractivity contribution in [1.29, 1.82) is 0 Å². The lowest BCUT2D eigenvalue weighted by atomic mass is 10.2. The van der Waals surface area contributed by atoms with Gasteiger partial charge in [-0.25, -0.2) is 0 Å². The number of nitrogens with one attached hydrogen (secondary N) is 1. The maximum absolute atomic E-state index is 5.27. The Morgan fingerprint density at radius 2 is 2.46 bits per heavy atom. The van der Waals surface area contributed by atoms with Gasteiger partial charge >= 0.3 is 0 Å². The second kappa shape index (κ2) is 4.87. The van der Waals surface area contributed by atoms with Crippen molar-refractivity contribution in [3.05, 3.63) is 36.3 Å². The van der Waals surface area contributed by atoms with Crippen LogP contribution in [0.2, 0.25) is 0 Å². The van der Waals surface area contributed by atoms with Gasteiger partial charge in [0, 0.05) is 6.54 Å². The summed E-state index contributed by atoms with van der Waals surface area (Å²) in [6.45, 7) is 8.99. The molecule has 1 aromatic rings. The molecule has 0 aromatic carbocycles. The van der Waals surface area contributed by atoms with Gasteiger partial charge in [-0.3, -0.25) is 0 Å². The first-order valence-corrected chi connectivity index (χ1v) is 4.67. The topological polar surface area (TPSA) is 25.2 Å². The number of hydrogen-bond acceptors (Lipinski definition) is 2. The van der Waals surface area contributed by atoms with E-state index in [1.165, 1.54) is 5.57 Å². The quantitative estimate of drug-likeness (QED) is 0.703. The number of rotatable bonds is 5. The summed E-state index contributed by atoms with van der Waals surface area (Å²) in [6, 6.07) is 4.15. The molecule has 0 amide bonds. The fourth-order valence-corrected chi connectivity index (χ4v) is 1.06. The van der Waals surface area contributed by atoms with Gasteiger partial charge in [0.2, 0.25) is 0 Å². The van der Waals surface area contributed by atoms with E-state index in [0.717, 1.165) is 18.7 Å². The van der Waals surface area contributed by atoms with Crippen LogP contribution < -0.4 is 5.32 Å². The molecule has 1 N–H and O–H groups in total. The second-order valence-corrected chi connectivity index (χ2v) is 3.22. The summed E-state index contributed by atoms with van der Waals surface area (Å²) >= 11 is 0. The van der Waals surface area contributed by atoms with Crippen molar-refractivity contribution >= 4 is 0 Å². The van der Waals surface area contributed by atoms with Gasteiger partial charge in [-0.05, 0) is 25.5 Å². The first-order chi connectivity index (χ1) is 6.24. The highest BCUT2D eigenvalue weighted by molar-refractivity contribution is 5.04. The molecule has 0 fully saturated rings. The van der Waals surface area contributed by atoms with E-state index in [0.29, 0.717) is 0 Å². The molecule has 0 spiro atoms. The Morgan fingerprint density at radius 1 is 1.69 bits per heavy atom. The Morgan fingerprint density at radius 3 is 3.00 bits per heavy atom. The molecule has 2 heteroatoms. The Kier molecular flexibility index (Phi) is 3.77. The van der Waals surface area contributed by atoms with Crippen LogP contribution in [-0.2, 0) is 0 Å². The lowest BCUT2D eigenvalue weighted by molar-refractivity contribution is 0.439. The van der Waals surface area contributed by atoms with Crippen LogP contribution in [0, 0.1) is 0 Å². The zero-order valence-electron chi connectivity index (χ0n) is 8.34. The molecule has 1 rings (SSSR count). The average molecular weight is 179 g/mol. The van der Waals surface area contributed by atoms with Gasteiger partial charge < -0.3 is 9.73 Å². The van der Waals surface area contributed by atoms with E-state index in [4.69, 9.17) is 4.42 Å². The van der Waals surface area contributed by atoms with E-state index in [-0.39, 0.29) is 6.04 Å². The van der Waals surface area contributed by atoms with Crippen molar-refractivity contribution in [2.75, 3.05) is 6.54 Å². The van der Waals surface area contributed by atoms with Crippen molar-refractivity contribution in [2.45, 2.75) is 26.3 Å². The summed E-state index contributed by atoms with van der Waals surface area (Å²) in [5.74, 6) is 0.976. The predicted molar refractivity (Wildman–Crippen MR) is 54.6 cm³/mol. The predicted octanol–water partition coefficient (Wildman–Crippen LogP) is 2.90. The molecule has 13 heavy (non-hydrogen) atoms. The van der Waals surface area contributed by atoms with Gasteiger partial charge in [-0.15, -0.1) is 0 Å². The maximum Gasteiger partial charge on any atom is 0.120 e. The first kappa shape index (κ1) is 10.1. The highest BCUT2D eigenvalue weighted by Crippen LogP contribution is 2.12. The van der Waals surface area contributed by atoms with Gasteiger partial charge in [-0.1, -0.05) is 19.1 Å². The van der Waals surface area contributed by atoms with Crippen molar-refractivity contribution in [2.24, 2.45) is 0 Å². The normalized spacial score (nSPS) is 12.8. The Labute approximate surface area is 79.6 Å². The summed E-state index contributed by atoms with van der Waals surface area (Å²) in [5.41, 5.74) is 1.22. The molecule has 0 saturated heterocycles. The molecule has 0 radical (unpaired) electrons. The minimum atomic E-state index is 0.262. The average Bonchev–Trinajstić information content (AvgIpc) is 2.66. The Hall–Kier alpha value is -1.02. The van der Waals surface area contributed by atoms with Crippen molar-refractivity contribution in [3.8, 4) is 0 Å². The number of hydrogen-bond donors (Lipinski definition) is 1. The van der Waals surface area contributed by atoms with Gasteiger partial charge in [-0.2, -0.15) is 0 Å². The van der Waals surface area contributed by atoms with E-state index >= 15 is 0 Å². The maximum atomic E-state index is 5.27. The zero-order chi connectivity index (χ0) is 9.68. The standard InChI is InChI=1S/C11H17NO/c1-4-9(2)8-12-10(3)11-6-5-7-13-11/h5-7,10,12H,2,4,8H2,1,3H3/t10-/m1/s1. The largest absolute Gasteiger partial charge is 0.468 e. The molecule has 0 aliphatic carbocycles. The third kappa shape index (κ3) is 3.07. The zero-order valence-corrected chi connectivity index (χ0v) is 8.34. The van der Waals surface area contributed by atoms with Crippen LogP contribution in [0.15, 0.2) is 35.0 Å². The number of furan rings is 1. The summed E-state index contributed by atoms with van der Waals surface area (Å²) < 4.78 is 5.27. The fraction of sp³-hybridized carbons (Fsp3) is 0.455. The third-order valence-electron chi connectivity index (χ3n) is 2.13. The van der Waals surface area contributed by atoms with E-state index < -0.39 is 0 Å². The van der Waals surface area contributed by atoms with Crippen molar-refractivity contribution in [3.63, 3.8) is 0 Å². The van der Waals surface area contributed by atoms with Crippen molar-refractivity contribution in [1.82, 2.24) is 5.32 Å². The SMILES string of the molecule is C=C(CC)CN[C@H](C)c1ccco1. The Bertz CT molecular complexity index is 251. The van der Waals surface area contributed by atoms with E-state index in [9.17, 15) is 0 Å². The van der Waals surface area contributed by atoms with Gasteiger partial charge in [0.05, 0.1) is 12.3 Å². The minimum Gasteiger partial charge on any atom is -0.468 e. The molecule has 1 aromatic heterocycles. The smallest absolute Gasteiger partial charge is 0.120 e. The van der Waals surface area contributed by atoms with Crippen LogP contribution in [-0.4, -0.2) is 6.54 Å². The lowest BCUT2D eigenvalue weighted by Gasteiger charge is -2.11. The molecule has 1 atom stereocenters. The van der Waals surface area contributed by atoms with Crippen LogP contribution in [0.3, 0.4) is 0 Å². The third-order valence-corrected chi connectivity index (χ3v) is 2.13. The summed E-state index contributed by atoms with van der Waals surface area (Å²) in [6.07, 6.45) is 2.72. The lowest BCUT2D eigenvalue weighted by Crippen LogP contribution is -2.20. The molecule has 0 bridgehead atoms. The molecule has 2 nitrogen and oxygen atoms in total. The summed E-state index contributed by atoms with van der Waals surface area (Å²) in [4.78, 5) is 0. The molecular formula is C11H17NO. The van der Waals surface area contributed by atoms with Crippen LogP contribution >= 0.6 is 0 Å². The van der Waals surface area contributed by atoms with E-state index in [1.807, 2.05) is 12.1 Å². The molecule has 0 aliphatic heterocycles. The molecular weight excluding hydrogens is 162 g/mol. The first-order valence-electron chi connectivity index (χ1n) is 4.67. The van der Waals surface area contributed by atoms with E-state index in [1.54, 1.807) is 6.26 Å². The van der Waals surface area contributed by atoms with Crippen LogP contribution in [0.5, 0.6) is 0 Å². The molecule has 0 saturated carbocycles. The highest BCUT2D eigenvalue weighted by atomic mass is 16.3. The van der Waals surface area contributed by atoms with Crippen molar-refractivity contribution < 1.29 is 4.42 Å². The molecule has 72 valence electrons.